The van der Waals surface area contributed by atoms with E-state index in [1.807, 2.05) is 12.1 Å². The topological polar surface area (TPSA) is 12.9 Å². The number of nitrogens with zero attached hydrogens (tertiary/aromatic N) is 1. The molecule has 1 aromatic heterocycles. The lowest BCUT2D eigenvalue weighted by Gasteiger charge is -2.14. The van der Waals surface area contributed by atoms with Gasteiger partial charge in [-0.05, 0) is 29.8 Å². The van der Waals surface area contributed by atoms with E-state index in [9.17, 15) is 13.2 Å². The first kappa shape index (κ1) is 15.5. The van der Waals surface area contributed by atoms with Crippen molar-refractivity contribution in [3.05, 3.63) is 63.9 Å². The molecule has 0 fully saturated rings. The molecule has 0 amide bonds. The molecule has 0 bridgehead atoms. The number of pyridine rings is 1. The molecule has 0 saturated carbocycles. The summed E-state index contributed by atoms with van der Waals surface area (Å²) in [6.45, 7) is 0. The number of hydrogen-bond donors (Lipinski definition) is 0. The van der Waals surface area contributed by atoms with Gasteiger partial charge in [0.15, 0.2) is 0 Å². The van der Waals surface area contributed by atoms with E-state index in [0.29, 0.717) is 12.0 Å². The van der Waals surface area contributed by atoms with Crippen LogP contribution in [0.5, 0.6) is 0 Å². The molecule has 0 saturated heterocycles. The van der Waals surface area contributed by atoms with Crippen molar-refractivity contribution in [2.45, 2.75) is 17.4 Å². The fraction of sp³-hybridized carbons (Fsp3) is 0.214. The maximum Gasteiger partial charge on any atom is 0.417 e. The molecule has 0 N–H and O–H groups in total. The van der Waals surface area contributed by atoms with E-state index < -0.39 is 11.7 Å². The second-order valence-electron chi connectivity index (χ2n) is 4.23. The minimum absolute atomic E-state index is 0.0475. The van der Waals surface area contributed by atoms with Gasteiger partial charge in [-0.3, -0.25) is 4.98 Å². The van der Waals surface area contributed by atoms with Crippen molar-refractivity contribution < 1.29 is 13.2 Å². The predicted molar refractivity (Wildman–Crippen MR) is 78.8 cm³/mol. The molecule has 1 unspecified atom stereocenters. The van der Waals surface area contributed by atoms with E-state index in [1.165, 1.54) is 6.07 Å². The van der Waals surface area contributed by atoms with Gasteiger partial charge in [0.1, 0.15) is 0 Å². The van der Waals surface area contributed by atoms with E-state index in [4.69, 9.17) is 0 Å². The first-order valence-corrected chi connectivity index (χ1v) is 7.49. The van der Waals surface area contributed by atoms with Gasteiger partial charge in [0.2, 0.25) is 0 Å². The third-order valence-electron chi connectivity index (χ3n) is 2.77. The van der Waals surface area contributed by atoms with E-state index in [-0.39, 0.29) is 9.30 Å². The standard InChI is InChI=1S/C14H10Br2F3N/c15-12-5-4-9(7-11(12)14(17,18)19)13(16)8-10-3-1-2-6-20-10/h1-7,13H,8H2. The highest BCUT2D eigenvalue weighted by Crippen LogP contribution is 2.38. The smallest absolute Gasteiger partial charge is 0.261 e. The number of hydrogen-bond acceptors (Lipinski definition) is 1. The molecule has 1 heterocycles. The van der Waals surface area contributed by atoms with E-state index >= 15 is 0 Å². The summed E-state index contributed by atoms with van der Waals surface area (Å²) < 4.78 is 38.6. The van der Waals surface area contributed by atoms with Crippen molar-refractivity contribution >= 4 is 31.9 Å². The Labute approximate surface area is 131 Å². The van der Waals surface area contributed by atoms with Crippen LogP contribution in [0.25, 0.3) is 0 Å². The highest BCUT2D eigenvalue weighted by Gasteiger charge is 2.33. The van der Waals surface area contributed by atoms with E-state index in [2.05, 4.69) is 36.8 Å². The maximum absolute atomic E-state index is 12.9. The Kier molecular flexibility index (Phi) is 4.86. The van der Waals surface area contributed by atoms with Gasteiger partial charge in [0.25, 0.3) is 0 Å². The Bertz CT molecular complexity index is 585. The van der Waals surface area contributed by atoms with Crippen LogP contribution >= 0.6 is 31.9 Å². The molecule has 1 atom stereocenters. The van der Waals surface area contributed by atoms with Crippen LogP contribution in [0, 0.1) is 0 Å². The zero-order valence-corrected chi connectivity index (χ0v) is 13.3. The molecule has 1 nitrogen and oxygen atoms in total. The molecule has 20 heavy (non-hydrogen) atoms. The van der Waals surface area contributed by atoms with Crippen molar-refractivity contribution in [3.63, 3.8) is 0 Å². The molecule has 0 aliphatic carbocycles. The van der Waals surface area contributed by atoms with Crippen LogP contribution in [0.15, 0.2) is 47.1 Å². The van der Waals surface area contributed by atoms with Gasteiger partial charge < -0.3 is 0 Å². The second kappa shape index (κ2) is 6.26. The fourth-order valence-electron chi connectivity index (χ4n) is 1.78. The van der Waals surface area contributed by atoms with E-state index in [1.54, 1.807) is 18.3 Å². The third-order valence-corrected chi connectivity index (χ3v) is 4.32. The molecule has 2 aromatic rings. The number of halogens is 5. The van der Waals surface area contributed by atoms with E-state index in [0.717, 1.165) is 11.8 Å². The molecular weight excluding hydrogens is 399 g/mol. The Morgan fingerprint density at radius 3 is 2.50 bits per heavy atom. The van der Waals surface area contributed by atoms with Crippen molar-refractivity contribution in [2.75, 3.05) is 0 Å². The van der Waals surface area contributed by atoms with Crippen LogP contribution in [0.1, 0.15) is 21.6 Å². The molecule has 2 rings (SSSR count). The summed E-state index contributed by atoms with van der Waals surface area (Å²) in [6.07, 6.45) is -2.18. The minimum atomic E-state index is -4.37. The molecule has 0 aliphatic rings. The Balaban J connectivity index is 2.25. The van der Waals surface area contributed by atoms with Crippen molar-refractivity contribution in [3.8, 4) is 0 Å². The van der Waals surface area contributed by atoms with Gasteiger partial charge in [-0.1, -0.05) is 44.0 Å². The molecule has 0 radical (unpaired) electrons. The van der Waals surface area contributed by atoms with Crippen LogP contribution < -0.4 is 0 Å². The lowest BCUT2D eigenvalue weighted by Crippen LogP contribution is -2.07. The first-order chi connectivity index (χ1) is 9.38. The molecule has 0 spiro atoms. The molecule has 0 aliphatic heterocycles. The monoisotopic (exact) mass is 407 g/mol. The van der Waals surface area contributed by atoms with Crippen LogP contribution in [0.4, 0.5) is 13.2 Å². The lowest BCUT2D eigenvalue weighted by atomic mass is 10.0. The van der Waals surface area contributed by atoms with Crippen LogP contribution in [0.2, 0.25) is 0 Å². The molecular formula is C14H10Br2F3N. The Hall–Kier alpha value is -0.880. The largest absolute Gasteiger partial charge is 0.417 e. The zero-order chi connectivity index (χ0) is 14.8. The highest BCUT2D eigenvalue weighted by atomic mass is 79.9. The second-order valence-corrected chi connectivity index (χ2v) is 6.19. The van der Waals surface area contributed by atoms with Gasteiger partial charge in [-0.25, -0.2) is 0 Å². The third kappa shape index (κ3) is 3.82. The fourth-order valence-corrected chi connectivity index (χ4v) is 2.86. The SMILES string of the molecule is FC(F)(F)c1cc(C(Br)Cc2ccccn2)ccc1Br. The number of benzene rings is 1. The quantitative estimate of drug-likeness (QED) is 0.607. The van der Waals surface area contributed by atoms with Crippen molar-refractivity contribution in [1.29, 1.82) is 0 Å². The summed E-state index contributed by atoms with van der Waals surface area (Å²) in [5, 5.41) is 0. The summed E-state index contributed by atoms with van der Waals surface area (Å²) in [5.41, 5.74) is 0.734. The van der Waals surface area contributed by atoms with Gasteiger partial charge >= 0.3 is 6.18 Å². The molecule has 6 heteroatoms. The zero-order valence-electron chi connectivity index (χ0n) is 10.2. The van der Waals surface area contributed by atoms with Crippen molar-refractivity contribution in [1.82, 2.24) is 4.98 Å². The van der Waals surface area contributed by atoms with Crippen molar-refractivity contribution in [2.24, 2.45) is 0 Å². The normalized spacial score (nSPS) is 13.2. The number of rotatable bonds is 3. The molecule has 106 valence electrons. The van der Waals surface area contributed by atoms with Gasteiger partial charge in [0, 0.05) is 27.6 Å². The van der Waals surface area contributed by atoms with Gasteiger partial charge in [-0.15, -0.1) is 0 Å². The maximum atomic E-state index is 12.9. The first-order valence-electron chi connectivity index (χ1n) is 5.78. The van der Waals surface area contributed by atoms with Crippen LogP contribution in [-0.4, -0.2) is 4.98 Å². The summed E-state index contributed by atoms with van der Waals surface area (Å²) >= 11 is 6.36. The highest BCUT2D eigenvalue weighted by molar-refractivity contribution is 9.10. The summed E-state index contributed by atoms with van der Waals surface area (Å²) in [4.78, 5) is 3.96. The minimum Gasteiger partial charge on any atom is -0.261 e. The van der Waals surface area contributed by atoms with Gasteiger partial charge in [-0.2, -0.15) is 13.2 Å². The average Bonchev–Trinajstić information content (AvgIpc) is 2.39. The summed E-state index contributed by atoms with van der Waals surface area (Å²) in [5.74, 6) is 0. The number of alkyl halides is 4. The summed E-state index contributed by atoms with van der Waals surface area (Å²) in [6, 6.07) is 9.75. The predicted octanol–water partition coefficient (Wildman–Crippen LogP) is 5.54. The number of aromatic nitrogens is 1. The summed E-state index contributed by atoms with van der Waals surface area (Å²) in [7, 11) is 0. The van der Waals surface area contributed by atoms with Crippen LogP contribution in [0.3, 0.4) is 0 Å². The Morgan fingerprint density at radius 2 is 1.90 bits per heavy atom. The average molecular weight is 409 g/mol. The lowest BCUT2D eigenvalue weighted by molar-refractivity contribution is -0.138. The van der Waals surface area contributed by atoms with Crippen LogP contribution in [-0.2, 0) is 12.6 Å². The Morgan fingerprint density at radius 1 is 1.15 bits per heavy atom. The van der Waals surface area contributed by atoms with Gasteiger partial charge in [0.05, 0.1) is 5.56 Å². The molecule has 1 aromatic carbocycles.